The van der Waals surface area contributed by atoms with Gasteiger partial charge in [-0.3, -0.25) is 9.59 Å². The molecule has 1 atom stereocenters. The fourth-order valence-electron chi connectivity index (χ4n) is 5.78. The molecule has 0 aliphatic rings. The van der Waals surface area contributed by atoms with Crippen molar-refractivity contribution in [2.24, 2.45) is 0 Å². The molecule has 5 heteroatoms. The molecule has 1 unspecified atom stereocenters. The molecule has 0 saturated heterocycles. The second-order valence-corrected chi connectivity index (χ2v) is 13.9. The number of carbonyl (C=O) groups excluding carboxylic acids is 2. The molecule has 0 aliphatic heterocycles. The first-order valence-electron chi connectivity index (χ1n) is 20.9. The van der Waals surface area contributed by atoms with Gasteiger partial charge in [-0.15, -0.1) is 0 Å². The Labute approximate surface area is 298 Å². The van der Waals surface area contributed by atoms with E-state index in [9.17, 15) is 9.59 Å². The lowest BCUT2D eigenvalue weighted by atomic mass is 10.1. The van der Waals surface area contributed by atoms with Crippen molar-refractivity contribution in [2.45, 2.75) is 219 Å². The predicted octanol–water partition coefficient (Wildman–Crippen LogP) is 13.3. The average Bonchev–Trinajstić information content (AvgIpc) is 3.08. The molecule has 0 heterocycles. The number of esters is 2. The molecule has 0 saturated carbocycles. The second-order valence-electron chi connectivity index (χ2n) is 13.9. The lowest BCUT2D eigenvalue weighted by molar-refractivity contribution is -0.163. The molecule has 0 radical (unpaired) electrons. The van der Waals surface area contributed by atoms with Crippen molar-refractivity contribution in [3.63, 3.8) is 0 Å². The van der Waals surface area contributed by atoms with Crippen LogP contribution >= 0.6 is 0 Å². The molecule has 0 fully saturated rings. The number of hydrogen-bond acceptors (Lipinski definition) is 5. The molecule has 0 aliphatic carbocycles. The number of unbranched alkanes of at least 4 members (excludes halogenated alkanes) is 23. The smallest absolute Gasteiger partial charge is 0.306 e. The second kappa shape index (κ2) is 39.8. The summed E-state index contributed by atoms with van der Waals surface area (Å²) in [4.78, 5) is 25.0. The van der Waals surface area contributed by atoms with Gasteiger partial charge in [-0.05, 0) is 64.2 Å². The predicted molar refractivity (Wildman–Crippen MR) is 205 cm³/mol. The first-order chi connectivity index (χ1) is 23.6. The van der Waals surface area contributed by atoms with E-state index in [-0.39, 0.29) is 25.2 Å². The van der Waals surface area contributed by atoms with E-state index >= 15 is 0 Å². The van der Waals surface area contributed by atoms with Gasteiger partial charge in [0.25, 0.3) is 0 Å². The fraction of sp³-hybridized carbons (Fsp3) is 0.860. The van der Waals surface area contributed by atoms with Crippen LogP contribution in [0, 0.1) is 0 Å². The highest BCUT2D eigenvalue weighted by molar-refractivity contribution is 5.70. The van der Waals surface area contributed by atoms with Crippen LogP contribution in [0.2, 0.25) is 0 Å². The van der Waals surface area contributed by atoms with E-state index in [0.717, 1.165) is 64.2 Å². The highest BCUT2D eigenvalue weighted by Gasteiger charge is 2.17. The van der Waals surface area contributed by atoms with Crippen molar-refractivity contribution in [3.8, 4) is 0 Å². The molecule has 0 amide bonds. The number of carbonyl (C=O) groups is 2. The molecule has 0 bridgehead atoms. The van der Waals surface area contributed by atoms with Gasteiger partial charge in [-0.25, -0.2) is 0 Å². The maximum Gasteiger partial charge on any atom is 0.306 e. The van der Waals surface area contributed by atoms with Gasteiger partial charge in [0.05, 0.1) is 6.61 Å². The van der Waals surface area contributed by atoms with Crippen molar-refractivity contribution in [3.05, 3.63) is 24.3 Å². The van der Waals surface area contributed by atoms with E-state index in [2.05, 4.69) is 45.1 Å². The highest BCUT2D eigenvalue weighted by atomic mass is 16.6. The summed E-state index contributed by atoms with van der Waals surface area (Å²) >= 11 is 0. The van der Waals surface area contributed by atoms with Crippen LogP contribution in [-0.2, 0) is 23.8 Å². The Balaban J connectivity index is 4.14. The van der Waals surface area contributed by atoms with Crippen LogP contribution in [0.5, 0.6) is 0 Å². The molecule has 48 heavy (non-hydrogen) atoms. The maximum absolute atomic E-state index is 12.6. The zero-order chi connectivity index (χ0) is 35.0. The Bertz CT molecular complexity index is 731. The van der Waals surface area contributed by atoms with Gasteiger partial charge in [0, 0.05) is 19.4 Å². The molecule has 0 N–H and O–H groups in total. The quantitative estimate of drug-likeness (QED) is 0.0370. The SMILES string of the molecule is CCCC/C=C\CCCCCCCC(=O)OC(COCCCCCCCC)COC(=O)CCCCCCC/C=C\CCCCCCCC. The zero-order valence-corrected chi connectivity index (χ0v) is 32.3. The Kier molecular flexibility index (Phi) is 38.5. The standard InChI is InChI=1S/C43H80O5/c1-4-7-10-13-16-18-20-21-22-23-25-26-28-30-33-36-42(44)47-40-41(39-46-38-35-32-15-12-9-6-3)48-43(45)37-34-31-29-27-24-19-17-14-11-8-5-2/h14,17,21-22,41H,4-13,15-16,18-20,23-40H2,1-3H3/b17-14-,22-21-. The van der Waals surface area contributed by atoms with Crippen LogP contribution in [0.15, 0.2) is 24.3 Å². The number of ether oxygens (including phenoxy) is 3. The van der Waals surface area contributed by atoms with E-state index in [1.54, 1.807) is 0 Å². The lowest BCUT2D eigenvalue weighted by Crippen LogP contribution is -2.30. The molecule has 282 valence electrons. The van der Waals surface area contributed by atoms with Gasteiger partial charge in [-0.2, -0.15) is 0 Å². The summed E-state index contributed by atoms with van der Waals surface area (Å²) in [6.45, 7) is 7.74. The zero-order valence-electron chi connectivity index (χ0n) is 32.3. The largest absolute Gasteiger partial charge is 0.462 e. The monoisotopic (exact) mass is 677 g/mol. The summed E-state index contributed by atoms with van der Waals surface area (Å²) in [6.07, 6.45) is 43.2. The molecule has 0 rings (SSSR count). The molecular formula is C43H80O5. The molecule has 0 aromatic heterocycles. The summed E-state index contributed by atoms with van der Waals surface area (Å²) in [5.74, 6) is -0.417. The third-order valence-corrected chi connectivity index (χ3v) is 8.96. The minimum Gasteiger partial charge on any atom is -0.462 e. The fourth-order valence-corrected chi connectivity index (χ4v) is 5.78. The molecule has 0 spiro atoms. The summed E-state index contributed by atoms with van der Waals surface area (Å²) < 4.78 is 17.1. The normalized spacial score (nSPS) is 12.3. The summed E-state index contributed by atoms with van der Waals surface area (Å²) in [6, 6.07) is 0. The van der Waals surface area contributed by atoms with Crippen molar-refractivity contribution in [1.29, 1.82) is 0 Å². The first-order valence-corrected chi connectivity index (χ1v) is 20.9. The summed E-state index contributed by atoms with van der Waals surface area (Å²) in [5, 5.41) is 0. The van der Waals surface area contributed by atoms with Gasteiger partial charge in [0.2, 0.25) is 0 Å². The Morgan fingerprint density at radius 3 is 1.33 bits per heavy atom. The summed E-state index contributed by atoms with van der Waals surface area (Å²) in [5.41, 5.74) is 0. The number of hydrogen-bond donors (Lipinski definition) is 0. The minimum absolute atomic E-state index is 0.0813. The first kappa shape index (κ1) is 46.4. The number of rotatable bonds is 38. The van der Waals surface area contributed by atoms with Crippen LogP contribution in [0.4, 0.5) is 0 Å². The third-order valence-electron chi connectivity index (χ3n) is 8.96. The van der Waals surface area contributed by atoms with E-state index in [1.165, 1.54) is 116 Å². The third kappa shape index (κ3) is 37.2. The van der Waals surface area contributed by atoms with Gasteiger partial charge < -0.3 is 14.2 Å². The molecule has 5 nitrogen and oxygen atoms in total. The highest BCUT2D eigenvalue weighted by Crippen LogP contribution is 2.13. The molecular weight excluding hydrogens is 596 g/mol. The Morgan fingerprint density at radius 2 is 0.833 bits per heavy atom. The van der Waals surface area contributed by atoms with Crippen molar-refractivity contribution in [1.82, 2.24) is 0 Å². The number of allylic oxidation sites excluding steroid dienone is 4. The van der Waals surface area contributed by atoms with Crippen molar-refractivity contribution in [2.75, 3.05) is 19.8 Å². The Morgan fingerprint density at radius 1 is 0.438 bits per heavy atom. The van der Waals surface area contributed by atoms with Crippen LogP contribution in [-0.4, -0.2) is 37.9 Å². The Hall–Kier alpha value is -1.62. The minimum atomic E-state index is -0.532. The van der Waals surface area contributed by atoms with Crippen molar-refractivity contribution >= 4 is 11.9 Å². The van der Waals surface area contributed by atoms with E-state index in [4.69, 9.17) is 14.2 Å². The molecule has 0 aromatic rings. The van der Waals surface area contributed by atoms with Crippen LogP contribution in [0.1, 0.15) is 213 Å². The molecule has 0 aromatic carbocycles. The maximum atomic E-state index is 12.6. The van der Waals surface area contributed by atoms with E-state index in [1.807, 2.05) is 0 Å². The van der Waals surface area contributed by atoms with Crippen LogP contribution in [0.25, 0.3) is 0 Å². The topological polar surface area (TPSA) is 61.8 Å². The average molecular weight is 677 g/mol. The van der Waals surface area contributed by atoms with Crippen LogP contribution in [0.3, 0.4) is 0 Å². The van der Waals surface area contributed by atoms with Gasteiger partial charge in [-0.1, -0.05) is 161 Å². The van der Waals surface area contributed by atoms with E-state index < -0.39 is 6.10 Å². The van der Waals surface area contributed by atoms with Gasteiger partial charge in [0.15, 0.2) is 6.10 Å². The lowest BCUT2D eigenvalue weighted by Gasteiger charge is -2.18. The van der Waals surface area contributed by atoms with Crippen molar-refractivity contribution < 1.29 is 23.8 Å². The van der Waals surface area contributed by atoms with Crippen LogP contribution < -0.4 is 0 Å². The van der Waals surface area contributed by atoms with E-state index in [0.29, 0.717) is 19.4 Å². The summed E-state index contributed by atoms with van der Waals surface area (Å²) in [7, 11) is 0. The van der Waals surface area contributed by atoms with Gasteiger partial charge >= 0.3 is 11.9 Å². The van der Waals surface area contributed by atoms with Gasteiger partial charge in [0.1, 0.15) is 6.61 Å².